The fraction of sp³-hybridized carbons (Fsp3) is 0.579. The monoisotopic (exact) mass is 315 g/mol. The minimum absolute atomic E-state index is 0.255. The number of hydrogen-bond acceptors (Lipinski definition) is 3. The molecule has 0 atom stereocenters. The average molecular weight is 315 g/mol. The molecular weight excluding hydrogens is 286 g/mol. The number of aromatic nitrogens is 1. The highest BCUT2D eigenvalue weighted by Gasteiger charge is 2.14. The Hall–Kier alpha value is -1.36. The molecule has 1 N–H and O–H groups in total. The Morgan fingerprint density at radius 1 is 1.00 bits per heavy atom. The van der Waals surface area contributed by atoms with E-state index >= 15 is 0 Å². The number of nitrogens with zero attached hydrogens (tertiary/aromatic N) is 3. The first-order chi connectivity index (χ1) is 11.3. The Kier molecular flexibility index (Phi) is 5.70. The van der Waals surface area contributed by atoms with Gasteiger partial charge in [-0.2, -0.15) is 0 Å². The molecule has 0 saturated carbocycles. The lowest BCUT2D eigenvalue weighted by molar-refractivity contribution is 0.153. The second kappa shape index (κ2) is 7.95. The highest BCUT2D eigenvalue weighted by Crippen LogP contribution is 2.23. The third kappa shape index (κ3) is 4.14. The number of rotatable bonds is 7. The molecule has 0 bridgehead atoms. The van der Waals surface area contributed by atoms with Gasteiger partial charge in [-0.3, -0.25) is 0 Å². The summed E-state index contributed by atoms with van der Waals surface area (Å²) >= 11 is 0. The van der Waals surface area contributed by atoms with Crippen molar-refractivity contribution in [1.82, 2.24) is 14.4 Å². The fourth-order valence-corrected chi connectivity index (χ4v) is 3.51. The van der Waals surface area contributed by atoms with Crippen LogP contribution in [0.25, 0.3) is 10.9 Å². The van der Waals surface area contributed by atoms with Crippen molar-refractivity contribution in [2.45, 2.75) is 25.8 Å². The van der Waals surface area contributed by atoms with Gasteiger partial charge in [0.1, 0.15) is 0 Å². The van der Waals surface area contributed by atoms with E-state index in [4.69, 9.17) is 5.11 Å². The van der Waals surface area contributed by atoms with Gasteiger partial charge in [-0.25, -0.2) is 0 Å². The van der Waals surface area contributed by atoms with Gasteiger partial charge in [-0.1, -0.05) is 18.2 Å². The number of aliphatic hydroxyl groups excluding tert-OH is 1. The zero-order valence-corrected chi connectivity index (χ0v) is 14.2. The van der Waals surface area contributed by atoms with Crippen LogP contribution >= 0.6 is 0 Å². The highest BCUT2D eigenvalue weighted by atomic mass is 16.3. The smallest absolute Gasteiger partial charge is 0.0483 e. The molecule has 0 spiro atoms. The molecule has 0 aliphatic carbocycles. The lowest BCUT2D eigenvalue weighted by atomic mass is 10.1. The maximum Gasteiger partial charge on any atom is 0.0483 e. The van der Waals surface area contributed by atoms with Crippen LogP contribution in [0.3, 0.4) is 0 Å². The summed E-state index contributed by atoms with van der Waals surface area (Å²) < 4.78 is 2.30. The highest BCUT2D eigenvalue weighted by molar-refractivity contribution is 5.83. The molecule has 23 heavy (non-hydrogen) atoms. The SMILES string of the molecule is CN1CCN(CCCc2cn(CCCO)c3ccccc23)CC1. The van der Waals surface area contributed by atoms with E-state index in [-0.39, 0.29) is 6.61 Å². The lowest BCUT2D eigenvalue weighted by Crippen LogP contribution is -2.44. The molecule has 4 nitrogen and oxygen atoms in total. The summed E-state index contributed by atoms with van der Waals surface area (Å²) in [6, 6.07) is 8.65. The van der Waals surface area contributed by atoms with Crippen LogP contribution in [0.4, 0.5) is 0 Å². The van der Waals surface area contributed by atoms with E-state index in [9.17, 15) is 0 Å². The van der Waals surface area contributed by atoms with Crippen molar-refractivity contribution in [3.8, 4) is 0 Å². The Balaban J connectivity index is 1.61. The first-order valence-corrected chi connectivity index (χ1v) is 8.86. The molecule has 2 aromatic rings. The third-order valence-corrected chi connectivity index (χ3v) is 4.94. The van der Waals surface area contributed by atoms with E-state index in [1.54, 1.807) is 0 Å². The van der Waals surface area contributed by atoms with Crippen LogP contribution in [0.2, 0.25) is 0 Å². The quantitative estimate of drug-likeness (QED) is 0.850. The van der Waals surface area contributed by atoms with Crippen LogP contribution in [0.15, 0.2) is 30.5 Å². The summed E-state index contributed by atoms with van der Waals surface area (Å²) in [5.74, 6) is 0. The van der Waals surface area contributed by atoms with Gasteiger partial charge >= 0.3 is 0 Å². The van der Waals surface area contributed by atoms with Crippen molar-refractivity contribution < 1.29 is 5.11 Å². The van der Waals surface area contributed by atoms with Crippen LogP contribution in [-0.2, 0) is 13.0 Å². The normalized spacial score (nSPS) is 17.1. The number of piperazine rings is 1. The lowest BCUT2D eigenvalue weighted by Gasteiger charge is -2.32. The van der Waals surface area contributed by atoms with Gasteiger partial charge in [-0.05, 0) is 44.5 Å². The molecule has 0 unspecified atom stereocenters. The van der Waals surface area contributed by atoms with Gasteiger partial charge in [-0.15, -0.1) is 0 Å². The van der Waals surface area contributed by atoms with Gasteiger partial charge < -0.3 is 19.5 Å². The molecule has 1 saturated heterocycles. The Labute approximate surface area is 139 Å². The minimum atomic E-state index is 0.255. The molecule has 0 radical (unpaired) electrons. The number of fused-ring (bicyclic) bond motifs is 1. The molecule has 1 aliphatic heterocycles. The first kappa shape index (κ1) is 16.5. The second-order valence-corrected chi connectivity index (χ2v) is 6.69. The molecule has 126 valence electrons. The molecule has 1 aliphatic rings. The molecule has 2 heterocycles. The predicted octanol–water partition coefficient (Wildman–Crippen LogP) is 2.20. The summed E-state index contributed by atoms with van der Waals surface area (Å²) in [6.07, 6.45) is 5.47. The van der Waals surface area contributed by atoms with Gasteiger partial charge in [0, 0.05) is 56.4 Å². The standard InChI is InChI=1S/C19H29N3O/c1-20-11-13-21(14-12-20)9-4-6-17-16-22(10-5-15-23)19-8-3-2-7-18(17)19/h2-3,7-8,16,23H,4-6,9-15H2,1H3. The molecular formula is C19H29N3O. The zero-order chi connectivity index (χ0) is 16.1. The van der Waals surface area contributed by atoms with E-state index < -0.39 is 0 Å². The topological polar surface area (TPSA) is 31.6 Å². The zero-order valence-electron chi connectivity index (χ0n) is 14.2. The van der Waals surface area contributed by atoms with E-state index in [1.165, 1.54) is 55.6 Å². The summed E-state index contributed by atoms with van der Waals surface area (Å²) in [7, 11) is 2.21. The van der Waals surface area contributed by atoms with Crippen molar-refractivity contribution in [3.63, 3.8) is 0 Å². The summed E-state index contributed by atoms with van der Waals surface area (Å²) in [5, 5.41) is 10.5. The van der Waals surface area contributed by atoms with Crippen LogP contribution < -0.4 is 0 Å². The molecule has 4 heteroatoms. The number of para-hydroxylation sites is 1. The van der Waals surface area contributed by atoms with Crippen LogP contribution in [0.1, 0.15) is 18.4 Å². The summed E-state index contributed by atoms with van der Waals surface area (Å²) in [5.41, 5.74) is 2.75. The molecule has 3 rings (SSSR count). The number of likely N-dealkylation sites (N-methyl/N-ethyl adjacent to an activating group) is 1. The summed E-state index contributed by atoms with van der Waals surface area (Å²) in [6.45, 7) is 7.15. The third-order valence-electron chi connectivity index (χ3n) is 4.94. The fourth-order valence-electron chi connectivity index (χ4n) is 3.51. The van der Waals surface area contributed by atoms with Crippen LogP contribution in [0, 0.1) is 0 Å². The number of benzene rings is 1. The number of hydrogen-bond donors (Lipinski definition) is 1. The second-order valence-electron chi connectivity index (χ2n) is 6.69. The van der Waals surface area contributed by atoms with Gasteiger partial charge in [0.2, 0.25) is 0 Å². The van der Waals surface area contributed by atoms with E-state index in [0.717, 1.165) is 19.4 Å². The van der Waals surface area contributed by atoms with Crippen molar-refractivity contribution in [3.05, 3.63) is 36.0 Å². The summed E-state index contributed by atoms with van der Waals surface area (Å²) in [4.78, 5) is 5.00. The largest absolute Gasteiger partial charge is 0.396 e. The predicted molar refractivity (Wildman–Crippen MR) is 95.9 cm³/mol. The maximum absolute atomic E-state index is 9.09. The molecule has 1 fully saturated rings. The van der Waals surface area contributed by atoms with Crippen molar-refractivity contribution >= 4 is 10.9 Å². The Bertz CT molecular complexity index is 614. The van der Waals surface area contributed by atoms with E-state index in [1.807, 2.05) is 0 Å². The molecule has 1 aromatic carbocycles. The molecule has 1 aromatic heterocycles. The van der Waals surface area contributed by atoms with Gasteiger partial charge in [0.15, 0.2) is 0 Å². The number of aryl methyl sites for hydroxylation is 2. The van der Waals surface area contributed by atoms with Gasteiger partial charge in [0.05, 0.1) is 0 Å². The van der Waals surface area contributed by atoms with E-state index in [0.29, 0.717) is 0 Å². The maximum atomic E-state index is 9.09. The van der Waals surface area contributed by atoms with Gasteiger partial charge in [0.25, 0.3) is 0 Å². The van der Waals surface area contributed by atoms with Crippen molar-refractivity contribution in [1.29, 1.82) is 0 Å². The average Bonchev–Trinajstić information content (AvgIpc) is 2.93. The van der Waals surface area contributed by atoms with Crippen LogP contribution in [0.5, 0.6) is 0 Å². The molecule has 0 amide bonds. The van der Waals surface area contributed by atoms with E-state index in [2.05, 4.69) is 51.9 Å². The number of aliphatic hydroxyl groups is 1. The minimum Gasteiger partial charge on any atom is -0.396 e. The van der Waals surface area contributed by atoms with Crippen molar-refractivity contribution in [2.24, 2.45) is 0 Å². The Morgan fingerprint density at radius 3 is 2.57 bits per heavy atom. The van der Waals surface area contributed by atoms with Crippen molar-refractivity contribution in [2.75, 3.05) is 46.4 Å². The van der Waals surface area contributed by atoms with Crippen LogP contribution in [-0.4, -0.2) is 65.9 Å². The Morgan fingerprint density at radius 2 is 1.78 bits per heavy atom. The first-order valence-electron chi connectivity index (χ1n) is 8.86.